The lowest BCUT2D eigenvalue weighted by Crippen LogP contribution is -2.42. The fraction of sp³-hybridized carbons (Fsp3) is 0.333. The molecule has 0 aromatic heterocycles. The van der Waals surface area contributed by atoms with Gasteiger partial charge in [0, 0.05) is 29.8 Å². The highest BCUT2D eigenvalue weighted by molar-refractivity contribution is 6.48. The summed E-state index contributed by atoms with van der Waals surface area (Å²) in [5.41, 5.74) is -1.09. The van der Waals surface area contributed by atoms with Crippen molar-refractivity contribution in [2.75, 3.05) is 6.54 Å². The molecule has 2 amide bonds. The summed E-state index contributed by atoms with van der Waals surface area (Å²) < 4.78 is 57.1. The van der Waals surface area contributed by atoms with E-state index in [-0.39, 0.29) is 38.4 Å². The van der Waals surface area contributed by atoms with E-state index in [1.54, 1.807) is 0 Å². The van der Waals surface area contributed by atoms with Gasteiger partial charge in [-0.25, -0.2) is 4.39 Å². The Morgan fingerprint density at radius 1 is 1.05 bits per heavy atom. The van der Waals surface area contributed by atoms with Crippen LogP contribution >= 0.6 is 34.8 Å². The van der Waals surface area contributed by atoms with E-state index in [4.69, 9.17) is 39.6 Å². The summed E-state index contributed by atoms with van der Waals surface area (Å²) in [6.45, 7) is 0.232. The van der Waals surface area contributed by atoms with Crippen LogP contribution in [0.3, 0.4) is 0 Å². The van der Waals surface area contributed by atoms with Gasteiger partial charge in [0.15, 0.2) is 0 Å². The minimum atomic E-state index is -4.95. The van der Waals surface area contributed by atoms with Crippen molar-refractivity contribution in [3.8, 4) is 0 Å². The second-order valence-corrected chi connectivity index (χ2v) is 9.95. The Morgan fingerprint density at radius 2 is 1.70 bits per heavy atom. The first kappa shape index (κ1) is 27.5. The standard InChI is InChI=1S/C24H20Cl3F4N3O3/c25-16-6-15(7-17(26)22(16)27)23(24(29,30)31)9-19(34-37-23)13-3-4-18(28)14(5-13)11-33-21(36)8-20(35)32-10-12-1-2-12/h3-7,9,12,34H,1-2,8,10-11H2,(H,32,35)(H,33,36). The van der Waals surface area contributed by atoms with Gasteiger partial charge in [-0.1, -0.05) is 34.8 Å². The van der Waals surface area contributed by atoms with Gasteiger partial charge in [0.2, 0.25) is 17.4 Å². The largest absolute Gasteiger partial charge is 0.428 e. The lowest BCUT2D eigenvalue weighted by atomic mass is 9.91. The van der Waals surface area contributed by atoms with Gasteiger partial charge in [-0.2, -0.15) is 13.2 Å². The number of benzene rings is 2. The Morgan fingerprint density at radius 3 is 2.32 bits per heavy atom. The van der Waals surface area contributed by atoms with Crippen LogP contribution in [0, 0.1) is 11.7 Å². The van der Waals surface area contributed by atoms with E-state index in [0.717, 1.165) is 37.1 Å². The molecule has 1 saturated carbocycles. The van der Waals surface area contributed by atoms with Crippen LogP contribution < -0.4 is 16.1 Å². The van der Waals surface area contributed by atoms with Gasteiger partial charge in [0.05, 0.1) is 20.8 Å². The molecule has 37 heavy (non-hydrogen) atoms. The molecule has 4 rings (SSSR count). The molecular weight excluding hydrogens is 561 g/mol. The topological polar surface area (TPSA) is 79.5 Å². The van der Waals surface area contributed by atoms with Crippen LogP contribution in [0.1, 0.15) is 36.0 Å². The zero-order chi connectivity index (χ0) is 27.0. The second-order valence-electron chi connectivity index (χ2n) is 8.76. The summed E-state index contributed by atoms with van der Waals surface area (Å²) in [4.78, 5) is 28.9. The minimum Gasteiger partial charge on any atom is -0.355 e. The first-order chi connectivity index (χ1) is 17.4. The Labute approximate surface area is 224 Å². The molecule has 1 aliphatic heterocycles. The smallest absolute Gasteiger partial charge is 0.355 e. The number of hydrogen-bond acceptors (Lipinski definition) is 4. The number of hydroxylamine groups is 1. The van der Waals surface area contributed by atoms with E-state index >= 15 is 0 Å². The molecule has 1 aliphatic carbocycles. The molecule has 198 valence electrons. The highest BCUT2D eigenvalue weighted by Gasteiger charge is 2.59. The van der Waals surface area contributed by atoms with Crippen molar-refractivity contribution in [1.29, 1.82) is 0 Å². The van der Waals surface area contributed by atoms with Crippen molar-refractivity contribution < 1.29 is 32.0 Å². The van der Waals surface area contributed by atoms with Crippen LogP contribution in [0.2, 0.25) is 15.1 Å². The second kappa shape index (κ2) is 10.7. The third-order valence-electron chi connectivity index (χ3n) is 5.94. The van der Waals surface area contributed by atoms with Crippen LogP contribution in [-0.4, -0.2) is 24.5 Å². The van der Waals surface area contributed by atoms with Crippen LogP contribution in [-0.2, 0) is 26.6 Å². The molecule has 0 spiro atoms. The predicted molar refractivity (Wildman–Crippen MR) is 130 cm³/mol. The van der Waals surface area contributed by atoms with E-state index in [2.05, 4.69) is 16.1 Å². The number of carbonyl (C=O) groups excluding carboxylic acids is 2. The molecule has 2 aromatic rings. The molecule has 1 heterocycles. The number of hydrogen-bond donors (Lipinski definition) is 3. The first-order valence-electron chi connectivity index (χ1n) is 11.1. The van der Waals surface area contributed by atoms with E-state index in [9.17, 15) is 27.2 Å². The molecule has 6 nitrogen and oxygen atoms in total. The Bertz CT molecular complexity index is 1240. The van der Waals surface area contributed by atoms with Crippen molar-refractivity contribution in [2.45, 2.75) is 37.6 Å². The zero-order valence-electron chi connectivity index (χ0n) is 18.9. The van der Waals surface area contributed by atoms with Crippen molar-refractivity contribution in [2.24, 2.45) is 5.92 Å². The molecule has 1 atom stereocenters. The molecule has 1 unspecified atom stereocenters. The van der Waals surface area contributed by atoms with Gasteiger partial charge in [-0.3, -0.25) is 19.9 Å². The highest BCUT2D eigenvalue weighted by Crippen LogP contribution is 2.49. The van der Waals surface area contributed by atoms with Crippen molar-refractivity contribution >= 4 is 52.3 Å². The van der Waals surface area contributed by atoms with Crippen molar-refractivity contribution in [3.05, 3.63) is 74.0 Å². The predicted octanol–water partition coefficient (Wildman–Crippen LogP) is 5.65. The fourth-order valence-electron chi connectivity index (χ4n) is 3.68. The summed E-state index contributed by atoms with van der Waals surface area (Å²) in [5.74, 6) is -1.30. The average molecular weight is 581 g/mol. The molecule has 0 bridgehead atoms. The molecule has 13 heteroatoms. The Hall–Kier alpha value is -2.53. The summed E-state index contributed by atoms with van der Waals surface area (Å²) >= 11 is 17.8. The summed E-state index contributed by atoms with van der Waals surface area (Å²) in [6.07, 6.45) is -2.50. The normalized spacial score (nSPS) is 19.3. The maximum absolute atomic E-state index is 14.4. The lowest BCUT2D eigenvalue weighted by Gasteiger charge is -2.29. The number of carbonyl (C=O) groups is 2. The van der Waals surface area contributed by atoms with Crippen LogP contribution in [0.25, 0.3) is 5.70 Å². The van der Waals surface area contributed by atoms with E-state index in [1.165, 1.54) is 12.1 Å². The van der Waals surface area contributed by atoms with Gasteiger partial charge in [0.25, 0.3) is 0 Å². The number of halogens is 7. The quantitative estimate of drug-likeness (QED) is 0.214. The van der Waals surface area contributed by atoms with Gasteiger partial charge in [-0.15, -0.1) is 0 Å². The third-order valence-corrected chi connectivity index (χ3v) is 7.14. The molecule has 0 saturated heterocycles. The van der Waals surface area contributed by atoms with E-state index in [1.807, 2.05) is 0 Å². The van der Waals surface area contributed by atoms with E-state index in [0.29, 0.717) is 12.5 Å². The van der Waals surface area contributed by atoms with Gasteiger partial charge < -0.3 is 10.6 Å². The van der Waals surface area contributed by atoms with Crippen LogP contribution in [0.4, 0.5) is 17.6 Å². The maximum atomic E-state index is 14.4. The molecule has 1 fully saturated rings. The summed E-state index contributed by atoms with van der Waals surface area (Å²) in [7, 11) is 0. The maximum Gasteiger partial charge on any atom is 0.428 e. The molecular formula is C24H20Cl3F4N3O3. The monoisotopic (exact) mass is 579 g/mol. The summed E-state index contributed by atoms with van der Waals surface area (Å²) in [6, 6.07) is 5.56. The lowest BCUT2D eigenvalue weighted by molar-refractivity contribution is -0.269. The molecule has 2 aromatic carbocycles. The SMILES string of the molecule is O=C(CC(=O)NCC1CC1)NCc1cc(C2=CC(c3cc(Cl)c(Cl)c(Cl)c3)(C(F)(F)F)ON2)ccc1F. The third kappa shape index (κ3) is 6.14. The number of amides is 2. The van der Waals surface area contributed by atoms with E-state index < -0.39 is 41.4 Å². The van der Waals surface area contributed by atoms with Crippen molar-refractivity contribution in [3.63, 3.8) is 0 Å². The number of nitrogens with one attached hydrogen (secondary N) is 3. The summed E-state index contributed by atoms with van der Waals surface area (Å²) in [5, 5.41) is 4.60. The van der Waals surface area contributed by atoms with Crippen LogP contribution in [0.5, 0.6) is 0 Å². The Kier molecular flexibility index (Phi) is 7.94. The van der Waals surface area contributed by atoms with Gasteiger partial charge >= 0.3 is 6.18 Å². The molecule has 0 radical (unpaired) electrons. The first-order valence-corrected chi connectivity index (χ1v) is 12.2. The fourth-order valence-corrected chi connectivity index (χ4v) is 4.27. The average Bonchev–Trinajstić information content (AvgIpc) is 3.54. The minimum absolute atomic E-state index is 0.00553. The van der Waals surface area contributed by atoms with Gasteiger partial charge in [0.1, 0.15) is 12.2 Å². The Balaban J connectivity index is 1.53. The van der Waals surface area contributed by atoms with Gasteiger partial charge in [-0.05, 0) is 55.2 Å². The molecule has 3 N–H and O–H groups in total. The highest BCUT2D eigenvalue weighted by atomic mass is 35.5. The van der Waals surface area contributed by atoms with Crippen molar-refractivity contribution in [1.82, 2.24) is 16.1 Å². The molecule has 2 aliphatic rings. The van der Waals surface area contributed by atoms with Crippen LogP contribution in [0.15, 0.2) is 36.4 Å². The number of rotatable bonds is 8. The number of alkyl halides is 3. The zero-order valence-corrected chi connectivity index (χ0v) is 21.2.